The zero-order valence-corrected chi connectivity index (χ0v) is 14.0. The number of amides is 1. The number of carbonyl (C=O) groups is 1. The van der Waals surface area contributed by atoms with Crippen molar-refractivity contribution in [2.45, 2.75) is 37.4 Å². The van der Waals surface area contributed by atoms with Gasteiger partial charge in [-0.3, -0.25) is 4.79 Å². The molecule has 1 fully saturated rings. The molecular weight excluding hydrogens is 310 g/mol. The van der Waals surface area contributed by atoms with Crippen molar-refractivity contribution < 1.29 is 4.79 Å². The molecule has 1 heterocycles. The van der Waals surface area contributed by atoms with Crippen molar-refractivity contribution in [2.24, 2.45) is 0 Å². The third-order valence-corrected chi connectivity index (χ3v) is 4.84. The lowest BCUT2D eigenvalue weighted by Gasteiger charge is -2.20. The van der Waals surface area contributed by atoms with Crippen molar-refractivity contribution >= 4 is 17.7 Å². The molecule has 0 radical (unpaired) electrons. The van der Waals surface area contributed by atoms with Crippen LogP contribution in [0.1, 0.15) is 37.1 Å². The summed E-state index contributed by atoms with van der Waals surface area (Å²) >= 11 is 1.35. The predicted octanol–water partition coefficient (Wildman–Crippen LogP) is 2.01. The number of nitrogens with zero attached hydrogens (tertiary/aromatic N) is 4. The van der Waals surface area contributed by atoms with Crippen LogP contribution in [0.3, 0.4) is 0 Å². The fourth-order valence-corrected chi connectivity index (χ4v) is 3.17. The number of thioether (sulfide) groups is 1. The van der Waals surface area contributed by atoms with Gasteiger partial charge in [-0.05, 0) is 25.3 Å². The van der Waals surface area contributed by atoms with E-state index in [1.54, 1.807) is 0 Å². The lowest BCUT2D eigenvalue weighted by Crippen LogP contribution is -2.31. The molecule has 1 aliphatic rings. The van der Waals surface area contributed by atoms with E-state index >= 15 is 0 Å². The van der Waals surface area contributed by atoms with Gasteiger partial charge in [0.1, 0.15) is 0 Å². The van der Waals surface area contributed by atoms with Gasteiger partial charge in [0.25, 0.3) is 0 Å². The Morgan fingerprint density at radius 2 is 2.09 bits per heavy atom. The summed E-state index contributed by atoms with van der Waals surface area (Å²) in [6.07, 6.45) is 2.25. The van der Waals surface area contributed by atoms with Crippen LogP contribution in [0.15, 0.2) is 35.5 Å². The molecule has 2 aromatic rings. The Morgan fingerprint density at radius 3 is 2.74 bits per heavy atom. The van der Waals surface area contributed by atoms with E-state index in [0.29, 0.717) is 29.9 Å². The first-order valence-electron chi connectivity index (χ1n) is 7.84. The third-order valence-electron chi connectivity index (χ3n) is 3.91. The Kier molecular flexibility index (Phi) is 4.85. The largest absolute Gasteiger partial charge is 0.338 e. The highest BCUT2D eigenvalue weighted by Crippen LogP contribution is 2.39. The molecule has 7 heteroatoms. The quantitative estimate of drug-likeness (QED) is 0.620. The number of nitrogens with two attached hydrogens (primary N) is 1. The zero-order valence-electron chi connectivity index (χ0n) is 13.2. The average molecular weight is 331 g/mol. The standard InChI is InChI=1S/C16H21N5OS/c1-2-20(10-12-6-4-3-5-7-12)14(22)11-23-16-19-18-15(21(16)17)13-8-9-13/h3-7,13H,2,8-11,17H2,1H3. The van der Waals surface area contributed by atoms with Crippen LogP contribution in [-0.2, 0) is 11.3 Å². The van der Waals surface area contributed by atoms with Crippen molar-refractivity contribution in [1.82, 2.24) is 19.8 Å². The molecule has 2 N–H and O–H groups in total. The average Bonchev–Trinajstić information content (AvgIpc) is 3.35. The maximum absolute atomic E-state index is 12.4. The summed E-state index contributed by atoms with van der Waals surface area (Å²) in [4.78, 5) is 14.3. The van der Waals surface area contributed by atoms with Crippen LogP contribution in [0.2, 0.25) is 0 Å². The monoisotopic (exact) mass is 331 g/mol. The minimum absolute atomic E-state index is 0.0809. The van der Waals surface area contributed by atoms with Gasteiger partial charge in [0.05, 0.1) is 5.75 Å². The molecule has 0 aliphatic heterocycles. The molecule has 0 saturated heterocycles. The second-order valence-corrected chi connectivity index (χ2v) is 6.61. The number of rotatable bonds is 7. The van der Waals surface area contributed by atoms with E-state index in [9.17, 15) is 4.79 Å². The van der Waals surface area contributed by atoms with Crippen LogP contribution in [0.25, 0.3) is 0 Å². The van der Waals surface area contributed by atoms with Crippen molar-refractivity contribution in [3.63, 3.8) is 0 Å². The summed E-state index contributed by atoms with van der Waals surface area (Å²) in [7, 11) is 0. The van der Waals surface area contributed by atoms with E-state index in [-0.39, 0.29) is 5.91 Å². The van der Waals surface area contributed by atoms with Crippen molar-refractivity contribution in [3.8, 4) is 0 Å². The molecular formula is C16H21N5OS. The van der Waals surface area contributed by atoms with Gasteiger partial charge in [0.2, 0.25) is 11.1 Å². The second-order valence-electron chi connectivity index (χ2n) is 5.67. The Labute approximate surface area is 140 Å². The van der Waals surface area contributed by atoms with Crippen molar-refractivity contribution in [2.75, 3.05) is 18.1 Å². The molecule has 0 atom stereocenters. The zero-order chi connectivity index (χ0) is 16.2. The van der Waals surface area contributed by atoms with E-state index in [1.165, 1.54) is 16.4 Å². The van der Waals surface area contributed by atoms with Gasteiger partial charge in [0, 0.05) is 19.0 Å². The van der Waals surface area contributed by atoms with Gasteiger partial charge < -0.3 is 10.7 Å². The minimum Gasteiger partial charge on any atom is -0.338 e. The minimum atomic E-state index is 0.0809. The van der Waals surface area contributed by atoms with E-state index in [2.05, 4.69) is 10.2 Å². The molecule has 23 heavy (non-hydrogen) atoms. The number of benzene rings is 1. The van der Waals surface area contributed by atoms with Gasteiger partial charge in [-0.1, -0.05) is 42.1 Å². The van der Waals surface area contributed by atoms with E-state index < -0.39 is 0 Å². The SMILES string of the molecule is CCN(Cc1ccccc1)C(=O)CSc1nnc(C2CC2)n1N. The molecule has 1 aliphatic carbocycles. The molecule has 1 saturated carbocycles. The van der Waals surface area contributed by atoms with Gasteiger partial charge in [0.15, 0.2) is 5.82 Å². The fraction of sp³-hybridized carbons (Fsp3) is 0.438. The van der Waals surface area contributed by atoms with Crippen LogP contribution in [0, 0.1) is 0 Å². The number of nitrogen functional groups attached to an aromatic ring is 1. The van der Waals surface area contributed by atoms with E-state index in [4.69, 9.17) is 5.84 Å². The topological polar surface area (TPSA) is 77.0 Å². The number of aromatic nitrogens is 3. The van der Waals surface area contributed by atoms with Crippen LogP contribution in [0.4, 0.5) is 0 Å². The first kappa shape index (κ1) is 15.9. The smallest absolute Gasteiger partial charge is 0.233 e. The number of hydrogen-bond acceptors (Lipinski definition) is 5. The number of carbonyl (C=O) groups excluding carboxylic acids is 1. The summed E-state index contributed by atoms with van der Waals surface area (Å²) in [6, 6.07) is 10.0. The molecule has 0 spiro atoms. The summed E-state index contributed by atoms with van der Waals surface area (Å²) in [6.45, 7) is 3.29. The summed E-state index contributed by atoms with van der Waals surface area (Å²) in [5.74, 6) is 7.69. The van der Waals surface area contributed by atoms with E-state index in [1.807, 2.05) is 42.2 Å². The number of hydrogen-bond donors (Lipinski definition) is 1. The lowest BCUT2D eigenvalue weighted by atomic mass is 10.2. The normalized spacial score (nSPS) is 14.0. The van der Waals surface area contributed by atoms with Crippen LogP contribution in [-0.4, -0.2) is 38.0 Å². The maximum atomic E-state index is 12.4. The highest BCUT2D eigenvalue weighted by atomic mass is 32.2. The molecule has 122 valence electrons. The van der Waals surface area contributed by atoms with Crippen LogP contribution >= 0.6 is 11.8 Å². The first-order valence-corrected chi connectivity index (χ1v) is 8.82. The van der Waals surface area contributed by atoms with Gasteiger partial charge >= 0.3 is 0 Å². The lowest BCUT2D eigenvalue weighted by molar-refractivity contribution is -0.128. The first-order chi connectivity index (χ1) is 11.2. The Bertz CT molecular complexity index is 668. The second kappa shape index (κ2) is 7.04. The molecule has 1 aromatic carbocycles. The Hall–Kier alpha value is -2.02. The van der Waals surface area contributed by atoms with Crippen LogP contribution in [0.5, 0.6) is 0 Å². The highest BCUT2D eigenvalue weighted by molar-refractivity contribution is 7.99. The Morgan fingerprint density at radius 1 is 1.35 bits per heavy atom. The van der Waals surface area contributed by atoms with Gasteiger partial charge in [-0.2, -0.15) is 0 Å². The molecule has 0 bridgehead atoms. The third kappa shape index (κ3) is 3.85. The van der Waals surface area contributed by atoms with Crippen molar-refractivity contribution in [1.29, 1.82) is 0 Å². The summed E-state index contributed by atoms with van der Waals surface area (Å²) in [5.41, 5.74) is 1.13. The maximum Gasteiger partial charge on any atom is 0.233 e. The summed E-state index contributed by atoms with van der Waals surface area (Å²) in [5, 5.41) is 8.84. The Balaban J connectivity index is 1.57. The van der Waals surface area contributed by atoms with E-state index in [0.717, 1.165) is 24.2 Å². The van der Waals surface area contributed by atoms with Crippen molar-refractivity contribution in [3.05, 3.63) is 41.7 Å². The van der Waals surface area contributed by atoms with Crippen LogP contribution < -0.4 is 5.84 Å². The molecule has 0 unspecified atom stereocenters. The highest BCUT2D eigenvalue weighted by Gasteiger charge is 2.30. The summed E-state index contributed by atoms with van der Waals surface area (Å²) < 4.78 is 1.53. The molecule has 6 nitrogen and oxygen atoms in total. The predicted molar refractivity (Wildman–Crippen MR) is 90.4 cm³/mol. The molecule has 3 rings (SSSR count). The molecule has 1 amide bonds. The molecule has 1 aromatic heterocycles. The van der Waals surface area contributed by atoms with Gasteiger partial charge in [-0.15, -0.1) is 10.2 Å². The fourth-order valence-electron chi connectivity index (χ4n) is 2.40. The van der Waals surface area contributed by atoms with Gasteiger partial charge in [-0.25, -0.2) is 4.68 Å².